The monoisotopic (exact) mass is 462 g/mol. The Morgan fingerprint density at radius 1 is 0.909 bits per heavy atom. The van der Waals surface area contributed by atoms with Gasteiger partial charge in [0, 0.05) is 37.9 Å². The van der Waals surface area contributed by atoms with E-state index in [0.29, 0.717) is 11.3 Å². The van der Waals surface area contributed by atoms with Crippen LogP contribution < -0.4 is 10.6 Å². The van der Waals surface area contributed by atoms with Crippen LogP contribution >= 0.6 is 0 Å². The molecule has 1 saturated heterocycles. The van der Waals surface area contributed by atoms with Gasteiger partial charge in [-0.1, -0.05) is 18.2 Å². The van der Waals surface area contributed by atoms with Crippen LogP contribution in [0, 0.1) is 0 Å². The fourth-order valence-corrected chi connectivity index (χ4v) is 3.46. The third-order valence-electron chi connectivity index (χ3n) is 5.09. The van der Waals surface area contributed by atoms with Crippen LogP contribution in [0.3, 0.4) is 0 Å². The van der Waals surface area contributed by atoms with Crippen molar-refractivity contribution in [3.05, 3.63) is 59.7 Å². The van der Waals surface area contributed by atoms with Gasteiger partial charge in [-0.2, -0.15) is 13.2 Å². The molecule has 176 valence electrons. The van der Waals surface area contributed by atoms with Gasteiger partial charge in [-0.05, 0) is 44.2 Å². The summed E-state index contributed by atoms with van der Waals surface area (Å²) in [4.78, 5) is 40.3. The molecule has 10 heteroatoms. The molecule has 1 aliphatic rings. The van der Waals surface area contributed by atoms with E-state index in [2.05, 4.69) is 10.6 Å². The minimum Gasteiger partial charge on any atom is -0.355 e. The van der Waals surface area contributed by atoms with Crippen LogP contribution in [0.2, 0.25) is 0 Å². The standard InChI is InChI=1S/C23H25F3N4O3/c1-15(2)27-20(31)22(33)30-12-10-29(11-13-30)21(32)18-8-3-4-9-19(18)28-17-7-5-6-16(14-17)23(24,25)26/h3-9,14-15,28H,10-13H2,1-2H3,(H,27,31). The lowest BCUT2D eigenvalue weighted by Crippen LogP contribution is -2.54. The summed E-state index contributed by atoms with van der Waals surface area (Å²) in [6.45, 7) is 4.40. The van der Waals surface area contributed by atoms with Gasteiger partial charge in [-0.3, -0.25) is 14.4 Å². The summed E-state index contributed by atoms with van der Waals surface area (Å²) in [5.74, 6) is -1.63. The number of alkyl halides is 3. The molecule has 0 saturated carbocycles. The molecule has 2 aromatic rings. The molecule has 0 radical (unpaired) electrons. The molecule has 1 fully saturated rings. The van der Waals surface area contributed by atoms with Crippen molar-refractivity contribution in [1.29, 1.82) is 0 Å². The second-order valence-electron chi connectivity index (χ2n) is 7.96. The number of amides is 3. The molecule has 1 heterocycles. The second kappa shape index (κ2) is 9.93. The summed E-state index contributed by atoms with van der Waals surface area (Å²) in [5.41, 5.74) is 0.0825. The number of nitrogens with zero attached hydrogens (tertiary/aromatic N) is 2. The highest BCUT2D eigenvalue weighted by Gasteiger charge is 2.31. The van der Waals surface area contributed by atoms with Gasteiger partial charge in [0.1, 0.15) is 0 Å². The first-order valence-corrected chi connectivity index (χ1v) is 10.5. The van der Waals surface area contributed by atoms with Gasteiger partial charge in [0.25, 0.3) is 5.91 Å². The first-order valence-electron chi connectivity index (χ1n) is 10.5. The van der Waals surface area contributed by atoms with E-state index in [1.807, 2.05) is 0 Å². The molecule has 0 unspecified atom stereocenters. The molecule has 2 aromatic carbocycles. The Labute approximate surface area is 189 Å². The Morgan fingerprint density at radius 3 is 2.18 bits per heavy atom. The highest BCUT2D eigenvalue weighted by molar-refractivity contribution is 6.35. The number of hydrogen-bond acceptors (Lipinski definition) is 4. The molecule has 2 N–H and O–H groups in total. The van der Waals surface area contributed by atoms with Crippen LogP contribution in [0.25, 0.3) is 0 Å². The van der Waals surface area contributed by atoms with E-state index in [0.717, 1.165) is 12.1 Å². The number of rotatable bonds is 4. The van der Waals surface area contributed by atoms with Crippen LogP contribution in [0.5, 0.6) is 0 Å². The van der Waals surface area contributed by atoms with Gasteiger partial charge in [0.15, 0.2) is 0 Å². The quantitative estimate of drug-likeness (QED) is 0.684. The molecule has 3 amide bonds. The van der Waals surface area contributed by atoms with Crippen molar-refractivity contribution < 1.29 is 27.6 Å². The maximum Gasteiger partial charge on any atom is 0.416 e. The predicted molar refractivity (Wildman–Crippen MR) is 117 cm³/mol. The lowest BCUT2D eigenvalue weighted by Gasteiger charge is -2.34. The van der Waals surface area contributed by atoms with Crippen LogP contribution in [0.15, 0.2) is 48.5 Å². The maximum atomic E-state index is 13.1. The predicted octanol–water partition coefficient (Wildman–Crippen LogP) is 3.26. The number of carbonyl (C=O) groups excluding carboxylic acids is 3. The van der Waals surface area contributed by atoms with Crippen molar-refractivity contribution in [2.24, 2.45) is 0 Å². The lowest BCUT2D eigenvalue weighted by molar-refractivity contribution is -0.147. The van der Waals surface area contributed by atoms with Crippen molar-refractivity contribution in [2.75, 3.05) is 31.5 Å². The van der Waals surface area contributed by atoms with Gasteiger partial charge >= 0.3 is 18.0 Å². The summed E-state index contributed by atoms with van der Waals surface area (Å²) >= 11 is 0. The molecule has 0 bridgehead atoms. The van der Waals surface area contributed by atoms with E-state index in [-0.39, 0.29) is 43.8 Å². The zero-order chi connectivity index (χ0) is 24.2. The maximum absolute atomic E-state index is 13.1. The van der Waals surface area contributed by atoms with E-state index in [1.54, 1.807) is 43.0 Å². The van der Waals surface area contributed by atoms with Crippen LogP contribution in [0.4, 0.5) is 24.5 Å². The van der Waals surface area contributed by atoms with Gasteiger partial charge in [-0.15, -0.1) is 0 Å². The second-order valence-corrected chi connectivity index (χ2v) is 7.96. The number of benzene rings is 2. The van der Waals surface area contributed by atoms with Crippen molar-refractivity contribution in [1.82, 2.24) is 15.1 Å². The van der Waals surface area contributed by atoms with Crippen molar-refractivity contribution >= 4 is 29.1 Å². The largest absolute Gasteiger partial charge is 0.416 e. The Bertz CT molecular complexity index is 1030. The van der Waals surface area contributed by atoms with Gasteiger partial charge < -0.3 is 20.4 Å². The van der Waals surface area contributed by atoms with E-state index in [4.69, 9.17) is 0 Å². The number of halogens is 3. The van der Waals surface area contributed by atoms with E-state index in [9.17, 15) is 27.6 Å². The third kappa shape index (κ3) is 6.03. The molecular weight excluding hydrogens is 437 g/mol. The van der Waals surface area contributed by atoms with Crippen molar-refractivity contribution in [2.45, 2.75) is 26.1 Å². The first-order chi connectivity index (χ1) is 15.6. The van der Waals surface area contributed by atoms with E-state index < -0.39 is 23.6 Å². The minimum atomic E-state index is -4.48. The van der Waals surface area contributed by atoms with Crippen LogP contribution in [-0.4, -0.2) is 59.7 Å². The van der Waals surface area contributed by atoms with E-state index in [1.165, 1.54) is 17.0 Å². The summed E-state index contributed by atoms with van der Waals surface area (Å²) in [6, 6.07) is 11.1. The molecule has 33 heavy (non-hydrogen) atoms. The van der Waals surface area contributed by atoms with Crippen LogP contribution in [-0.2, 0) is 15.8 Å². The van der Waals surface area contributed by atoms with Crippen molar-refractivity contribution in [3.8, 4) is 0 Å². The Kier molecular flexibility index (Phi) is 7.25. The Morgan fingerprint density at radius 2 is 1.55 bits per heavy atom. The highest BCUT2D eigenvalue weighted by Crippen LogP contribution is 2.32. The fraction of sp³-hybridized carbons (Fsp3) is 0.348. The number of carbonyl (C=O) groups is 3. The Hall–Kier alpha value is -3.56. The van der Waals surface area contributed by atoms with E-state index >= 15 is 0 Å². The number of anilines is 2. The third-order valence-corrected chi connectivity index (χ3v) is 5.09. The van der Waals surface area contributed by atoms with Crippen molar-refractivity contribution in [3.63, 3.8) is 0 Å². The molecule has 0 atom stereocenters. The average molecular weight is 462 g/mol. The molecular formula is C23H25F3N4O3. The summed E-state index contributed by atoms with van der Waals surface area (Å²) in [5, 5.41) is 5.45. The highest BCUT2D eigenvalue weighted by atomic mass is 19.4. The molecule has 3 rings (SSSR count). The van der Waals surface area contributed by atoms with Gasteiger partial charge in [-0.25, -0.2) is 0 Å². The zero-order valence-corrected chi connectivity index (χ0v) is 18.3. The molecule has 7 nitrogen and oxygen atoms in total. The Balaban J connectivity index is 1.69. The normalized spacial score (nSPS) is 14.2. The number of hydrogen-bond donors (Lipinski definition) is 2. The molecule has 0 spiro atoms. The number of para-hydroxylation sites is 1. The number of nitrogens with one attached hydrogen (secondary N) is 2. The smallest absolute Gasteiger partial charge is 0.355 e. The molecule has 1 aliphatic heterocycles. The first kappa shape index (κ1) is 24.1. The molecule has 0 aliphatic carbocycles. The molecule has 0 aromatic heterocycles. The SMILES string of the molecule is CC(C)NC(=O)C(=O)N1CCN(C(=O)c2ccccc2Nc2cccc(C(F)(F)F)c2)CC1. The summed E-state index contributed by atoms with van der Waals surface area (Å²) < 4.78 is 39.0. The summed E-state index contributed by atoms with van der Waals surface area (Å²) in [6.07, 6.45) is -4.48. The lowest BCUT2D eigenvalue weighted by atomic mass is 10.1. The summed E-state index contributed by atoms with van der Waals surface area (Å²) in [7, 11) is 0. The fourth-order valence-electron chi connectivity index (χ4n) is 3.46. The van der Waals surface area contributed by atoms with Crippen LogP contribution in [0.1, 0.15) is 29.8 Å². The van der Waals surface area contributed by atoms with Gasteiger partial charge in [0.2, 0.25) is 0 Å². The average Bonchev–Trinajstić information content (AvgIpc) is 2.78. The van der Waals surface area contributed by atoms with Gasteiger partial charge in [0.05, 0.1) is 16.8 Å². The minimum absolute atomic E-state index is 0.162. The zero-order valence-electron chi connectivity index (χ0n) is 18.3. The number of piperazine rings is 1. The topological polar surface area (TPSA) is 81.8 Å².